The topological polar surface area (TPSA) is 67.8 Å². The van der Waals surface area contributed by atoms with Crippen molar-refractivity contribution in [1.82, 2.24) is 0 Å². The van der Waals surface area contributed by atoms with E-state index in [1.165, 1.54) is 5.56 Å². The Morgan fingerprint density at radius 1 is 1.44 bits per heavy atom. The van der Waals surface area contributed by atoms with Gasteiger partial charge in [0.05, 0.1) is 12.7 Å². The molecule has 1 saturated carbocycles. The molecule has 1 aliphatic carbocycles. The van der Waals surface area contributed by atoms with E-state index in [1.54, 1.807) is 0 Å². The van der Waals surface area contributed by atoms with Gasteiger partial charge in [0.2, 0.25) is 0 Å². The number of amidine groups is 1. The lowest BCUT2D eigenvalue weighted by atomic mass is 10.0. The minimum Gasteiger partial charge on any atom is -0.409 e. The van der Waals surface area contributed by atoms with Crippen molar-refractivity contribution in [2.75, 3.05) is 6.61 Å². The molecule has 1 fully saturated rings. The van der Waals surface area contributed by atoms with E-state index >= 15 is 0 Å². The van der Waals surface area contributed by atoms with Gasteiger partial charge in [0.1, 0.15) is 5.84 Å². The number of benzene rings is 1. The molecular formula is C14H20N2O2. The zero-order chi connectivity index (χ0) is 13.0. The second kappa shape index (κ2) is 5.40. The summed E-state index contributed by atoms with van der Waals surface area (Å²) in [6.45, 7) is 2.72. The minimum absolute atomic E-state index is 0.0796. The summed E-state index contributed by atoms with van der Waals surface area (Å²) in [7, 11) is 0. The Balaban J connectivity index is 1.85. The third kappa shape index (κ3) is 3.23. The molecule has 4 heteroatoms. The van der Waals surface area contributed by atoms with Crippen molar-refractivity contribution in [3.8, 4) is 0 Å². The summed E-state index contributed by atoms with van der Waals surface area (Å²) < 4.78 is 5.91. The van der Waals surface area contributed by atoms with Gasteiger partial charge in [-0.2, -0.15) is 0 Å². The maximum Gasteiger partial charge on any atom is 0.139 e. The largest absolute Gasteiger partial charge is 0.409 e. The van der Waals surface area contributed by atoms with Crippen molar-refractivity contribution in [2.24, 2.45) is 16.3 Å². The molecule has 0 radical (unpaired) electrons. The molecule has 1 aromatic rings. The van der Waals surface area contributed by atoms with Crippen LogP contribution in [0.4, 0.5) is 0 Å². The summed E-state index contributed by atoms with van der Waals surface area (Å²) in [5.41, 5.74) is 6.84. The maximum absolute atomic E-state index is 8.60. The Morgan fingerprint density at radius 3 is 2.67 bits per heavy atom. The fourth-order valence-corrected chi connectivity index (χ4v) is 2.09. The maximum atomic E-state index is 8.60. The highest BCUT2D eigenvalue weighted by atomic mass is 16.5. The number of hydrogen-bond acceptors (Lipinski definition) is 3. The Morgan fingerprint density at radius 2 is 2.11 bits per heavy atom. The highest BCUT2D eigenvalue weighted by Gasteiger charge is 2.44. The van der Waals surface area contributed by atoms with Gasteiger partial charge >= 0.3 is 0 Å². The van der Waals surface area contributed by atoms with E-state index in [0.717, 1.165) is 12.8 Å². The van der Waals surface area contributed by atoms with Gasteiger partial charge in [-0.15, -0.1) is 0 Å². The summed E-state index contributed by atoms with van der Waals surface area (Å²) >= 11 is 0. The zero-order valence-electron chi connectivity index (χ0n) is 10.7. The van der Waals surface area contributed by atoms with Gasteiger partial charge < -0.3 is 15.7 Å². The van der Waals surface area contributed by atoms with Crippen LogP contribution in [0, 0.1) is 5.41 Å². The normalized spacial score (nSPS) is 19.5. The Bertz CT molecular complexity index is 413. The monoisotopic (exact) mass is 248 g/mol. The number of hydrogen-bond donors (Lipinski definition) is 2. The molecule has 0 heterocycles. The van der Waals surface area contributed by atoms with Crippen molar-refractivity contribution >= 4 is 5.84 Å². The van der Waals surface area contributed by atoms with Gasteiger partial charge in [0.15, 0.2) is 0 Å². The van der Waals surface area contributed by atoms with Crippen molar-refractivity contribution in [3.05, 3.63) is 35.9 Å². The molecule has 3 N–H and O–H groups in total. The average molecular weight is 248 g/mol. The van der Waals surface area contributed by atoms with E-state index in [9.17, 15) is 0 Å². The van der Waals surface area contributed by atoms with Crippen molar-refractivity contribution < 1.29 is 9.94 Å². The second-order valence-corrected chi connectivity index (χ2v) is 5.13. The van der Waals surface area contributed by atoms with E-state index in [-0.39, 0.29) is 11.5 Å². The van der Waals surface area contributed by atoms with Gasteiger partial charge in [-0.1, -0.05) is 35.5 Å². The smallest absolute Gasteiger partial charge is 0.139 e. The van der Waals surface area contributed by atoms with Gasteiger partial charge in [-0.25, -0.2) is 0 Å². The number of ether oxygens (including phenoxy) is 1. The van der Waals surface area contributed by atoms with Crippen LogP contribution in [-0.2, 0) is 4.74 Å². The highest BCUT2D eigenvalue weighted by molar-refractivity contribution is 5.80. The van der Waals surface area contributed by atoms with Crippen LogP contribution in [-0.4, -0.2) is 17.6 Å². The highest BCUT2D eigenvalue weighted by Crippen LogP contribution is 2.49. The van der Waals surface area contributed by atoms with Crippen LogP contribution < -0.4 is 5.73 Å². The van der Waals surface area contributed by atoms with Crippen LogP contribution in [0.1, 0.15) is 37.9 Å². The molecule has 1 aliphatic rings. The molecule has 2 rings (SSSR count). The number of oxime groups is 1. The first-order valence-corrected chi connectivity index (χ1v) is 6.28. The lowest BCUT2D eigenvalue weighted by Gasteiger charge is -2.19. The van der Waals surface area contributed by atoms with E-state index in [0.29, 0.717) is 18.9 Å². The standard InChI is InChI=1S/C14H20N2O2/c1-11(12-5-3-2-4-6-12)18-10-14(7-8-14)9-13(15)16-17/h2-6,11,17H,7-10H2,1H3,(H2,15,16). The number of nitrogens with zero attached hydrogens (tertiary/aromatic N) is 1. The molecule has 0 saturated heterocycles. The van der Waals surface area contributed by atoms with Gasteiger partial charge in [-0.3, -0.25) is 0 Å². The van der Waals surface area contributed by atoms with E-state index in [4.69, 9.17) is 15.7 Å². The van der Waals surface area contributed by atoms with Crippen LogP contribution in [0.15, 0.2) is 35.5 Å². The fraction of sp³-hybridized carbons (Fsp3) is 0.500. The molecule has 98 valence electrons. The minimum atomic E-state index is 0.0796. The molecule has 0 spiro atoms. The molecule has 0 bridgehead atoms. The first kappa shape index (κ1) is 12.9. The molecular weight excluding hydrogens is 228 g/mol. The van der Waals surface area contributed by atoms with Crippen molar-refractivity contribution in [3.63, 3.8) is 0 Å². The lowest BCUT2D eigenvalue weighted by Crippen LogP contribution is -2.22. The molecule has 4 nitrogen and oxygen atoms in total. The predicted molar refractivity (Wildman–Crippen MR) is 70.5 cm³/mol. The Hall–Kier alpha value is -1.55. The molecule has 1 unspecified atom stereocenters. The first-order valence-electron chi connectivity index (χ1n) is 6.28. The van der Waals surface area contributed by atoms with Crippen molar-refractivity contribution in [1.29, 1.82) is 0 Å². The van der Waals surface area contributed by atoms with Gasteiger partial charge in [-0.05, 0) is 25.3 Å². The summed E-state index contributed by atoms with van der Waals surface area (Å²) in [6, 6.07) is 10.1. The van der Waals surface area contributed by atoms with Crippen LogP contribution in [0.25, 0.3) is 0 Å². The summed E-state index contributed by atoms with van der Waals surface area (Å²) in [5.74, 6) is 0.295. The fourth-order valence-electron chi connectivity index (χ4n) is 2.09. The van der Waals surface area contributed by atoms with Crippen LogP contribution >= 0.6 is 0 Å². The van der Waals surface area contributed by atoms with Crippen LogP contribution in [0.2, 0.25) is 0 Å². The van der Waals surface area contributed by atoms with Crippen LogP contribution in [0.5, 0.6) is 0 Å². The lowest BCUT2D eigenvalue weighted by molar-refractivity contribution is 0.0334. The van der Waals surface area contributed by atoms with E-state index in [1.807, 2.05) is 18.2 Å². The van der Waals surface area contributed by atoms with Crippen molar-refractivity contribution in [2.45, 2.75) is 32.3 Å². The zero-order valence-corrected chi connectivity index (χ0v) is 10.7. The average Bonchev–Trinajstić information content (AvgIpc) is 3.17. The molecule has 1 atom stereocenters. The Labute approximate surface area is 107 Å². The summed E-state index contributed by atoms with van der Waals surface area (Å²) in [6.07, 6.45) is 2.87. The van der Waals surface area contributed by atoms with Gasteiger partial charge in [0.25, 0.3) is 0 Å². The first-order chi connectivity index (χ1) is 8.65. The SMILES string of the molecule is CC(OCC1(CC(N)=NO)CC1)c1ccccc1. The second-order valence-electron chi connectivity index (χ2n) is 5.13. The quantitative estimate of drug-likeness (QED) is 0.352. The third-order valence-corrected chi connectivity index (χ3v) is 3.55. The molecule has 18 heavy (non-hydrogen) atoms. The molecule has 0 aromatic heterocycles. The number of nitrogens with two attached hydrogens (primary N) is 1. The summed E-state index contributed by atoms with van der Waals surface area (Å²) in [5, 5.41) is 11.6. The third-order valence-electron chi connectivity index (χ3n) is 3.55. The predicted octanol–water partition coefficient (Wildman–Crippen LogP) is 2.68. The molecule has 1 aromatic carbocycles. The van der Waals surface area contributed by atoms with E-state index < -0.39 is 0 Å². The Kier molecular flexibility index (Phi) is 3.87. The molecule has 0 amide bonds. The molecule has 0 aliphatic heterocycles. The van der Waals surface area contributed by atoms with E-state index in [2.05, 4.69) is 24.2 Å². The van der Waals surface area contributed by atoms with Gasteiger partial charge in [0, 0.05) is 11.8 Å². The van der Waals surface area contributed by atoms with Crippen LogP contribution in [0.3, 0.4) is 0 Å². The number of rotatable bonds is 6. The summed E-state index contributed by atoms with van der Waals surface area (Å²) in [4.78, 5) is 0.